The number of fused-ring (bicyclic) bond motifs is 7. The summed E-state index contributed by atoms with van der Waals surface area (Å²) in [6.45, 7) is 11.4. The van der Waals surface area contributed by atoms with E-state index in [2.05, 4.69) is 40.7 Å². The van der Waals surface area contributed by atoms with Crippen molar-refractivity contribution < 1.29 is 94.5 Å². The lowest BCUT2D eigenvalue weighted by Gasteiger charge is -2.72. The fourth-order valence-corrected chi connectivity index (χ4v) is 14.8. The third kappa shape index (κ3) is 7.77. The second-order valence-electron chi connectivity index (χ2n) is 23.0. The molecule has 8 aliphatic rings. The van der Waals surface area contributed by atoms with Gasteiger partial charge < -0.3 is 89.7 Å². The summed E-state index contributed by atoms with van der Waals surface area (Å²) in [5.41, 5.74) is -2.61. The van der Waals surface area contributed by atoms with Crippen molar-refractivity contribution in [3.8, 4) is 0 Å². The molecular weight excluding hydrogens is 868 g/mol. The summed E-state index contributed by atoms with van der Waals surface area (Å²) in [4.78, 5) is 15.0. The van der Waals surface area contributed by atoms with E-state index in [0.717, 1.165) is 24.8 Å². The van der Waals surface area contributed by atoms with Gasteiger partial charge in [0.15, 0.2) is 12.6 Å². The molecule has 4 saturated carbocycles. The lowest BCUT2D eigenvalue weighted by molar-refractivity contribution is -0.329. The summed E-state index contributed by atoms with van der Waals surface area (Å²) in [6.07, 6.45) is -16.5. The number of rotatable bonds is 9. The van der Waals surface area contributed by atoms with Gasteiger partial charge in [0.2, 0.25) is 6.29 Å². The lowest BCUT2D eigenvalue weighted by Crippen LogP contribution is -2.69. The van der Waals surface area contributed by atoms with Gasteiger partial charge in [0.25, 0.3) is 0 Å². The third-order valence-corrected chi connectivity index (χ3v) is 19.1. The molecule has 12 N–H and O–H groups in total. The molecule has 0 radical (unpaired) electrons. The Kier molecular flexibility index (Phi) is 13.9. The normalized spacial score (nSPS) is 54.8. The summed E-state index contributed by atoms with van der Waals surface area (Å²) in [5, 5.41) is 129. The van der Waals surface area contributed by atoms with Crippen LogP contribution in [0.25, 0.3) is 0 Å². The number of allylic oxidation sites excluding steroid dienone is 2. The zero-order valence-electron chi connectivity index (χ0n) is 39.0. The van der Waals surface area contributed by atoms with Crippen molar-refractivity contribution in [3.63, 3.8) is 0 Å². The van der Waals surface area contributed by atoms with Crippen molar-refractivity contribution in [3.05, 3.63) is 11.6 Å². The maximum Gasteiger partial charge on any atom is 0.317 e. The second-order valence-corrected chi connectivity index (χ2v) is 23.0. The molecule has 24 atom stereocenters. The molecule has 0 bridgehead atoms. The summed E-state index contributed by atoms with van der Waals surface area (Å²) in [6, 6.07) is 0. The van der Waals surface area contributed by atoms with Crippen LogP contribution in [-0.2, 0) is 33.2 Å². The van der Waals surface area contributed by atoms with Crippen LogP contribution in [0, 0.1) is 50.2 Å². The van der Waals surface area contributed by atoms with Gasteiger partial charge in [-0.3, -0.25) is 4.79 Å². The van der Waals surface area contributed by atoms with Crippen LogP contribution in [0.5, 0.6) is 0 Å². The molecule has 3 heterocycles. The minimum Gasteiger partial charge on any atom is -0.432 e. The van der Waals surface area contributed by atoms with Crippen molar-refractivity contribution in [1.82, 2.24) is 0 Å². The minimum atomic E-state index is -1.90. The maximum absolute atomic E-state index is 15.0. The summed E-state index contributed by atoms with van der Waals surface area (Å²) >= 11 is 0. The smallest absolute Gasteiger partial charge is 0.317 e. The van der Waals surface area contributed by atoms with Crippen LogP contribution in [0.3, 0.4) is 0 Å². The van der Waals surface area contributed by atoms with E-state index < -0.39 is 140 Å². The number of esters is 1. The number of hydrogen-bond donors (Lipinski definition) is 12. The molecule has 5 aliphatic carbocycles. The average Bonchev–Trinajstić information content (AvgIpc) is 3.26. The van der Waals surface area contributed by atoms with Gasteiger partial charge in [-0.2, -0.15) is 0 Å². The van der Waals surface area contributed by atoms with Gasteiger partial charge >= 0.3 is 5.97 Å². The summed E-state index contributed by atoms with van der Waals surface area (Å²) < 4.78 is 35.0. The first-order valence-corrected chi connectivity index (χ1v) is 24.0. The topological polar surface area (TPSA) is 315 Å². The van der Waals surface area contributed by atoms with E-state index in [-0.39, 0.29) is 54.1 Å². The number of carbonyl (C=O) groups excluding carboxylic acids is 1. The molecule has 378 valence electrons. The van der Waals surface area contributed by atoms with Crippen molar-refractivity contribution >= 4 is 5.97 Å². The molecule has 0 aromatic carbocycles. The van der Waals surface area contributed by atoms with Gasteiger partial charge in [-0.05, 0) is 97.2 Å². The second kappa shape index (κ2) is 18.0. The van der Waals surface area contributed by atoms with Crippen LogP contribution in [-0.4, -0.2) is 192 Å². The first kappa shape index (κ1) is 50.9. The quantitative estimate of drug-likeness (QED) is 0.0728. The SMILES string of the molecule is CC1(C)CCC2(C(=O)OC3OC(COC4OC(CO)C(O)C(O)C4O)C(O)C(O)C3O)C(O)CC3(C)C(=CCC4C5(C)CCC(OC6OCC(O)C(O)C6O)C(C)(CO)C5CCC43C)C2C1. The van der Waals surface area contributed by atoms with Crippen LogP contribution in [0.2, 0.25) is 0 Å². The average molecular weight is 945 g/mol. The molecule has 3 saturated heterocycles. The van der Waals surface area contributed by atoms with Crippen molar-refractivity contribution in [2.24, 2.45) is 50.2 Å². The Morgan fingerprint density at radius 1 is 0.697 bits per heavy atom. The number of aliphatic hydroxyl groups is 12. The largest absolute Gasteiger partial charge is 0.432 e. The third-order valence-electron chi connectivity index (χ3n) is 19.1. The number of hydrogen-bond acceptors (Lipinski definition) is 19. The van der Waals surface area contributed by atoms with E-state index in [1.807, 2.05) is 6.92 Å². The Labute approximate surface area is 385 Å². The number of carbonyl (C=O) groups is 1. The Morgan fingerprint density at radius 2 is 1.33 bits per heavy atom. The van der Waals surface area contributed by atoms with E-state index >= 15 is 0 Å². The monoisotopic (exact) mass is 944 g/mol. The molecule has 19 heteroatoms. The van der Waals surface area contributed by atoms with Gasteiger partial charge in [-0.15, -0.1) is 0 Å². The van der Waals surface area contributed by atoms with Gasteiger partial charge in [0.05, 0.1) is 38.6 Å². The highest BCUT2D eigenvalue weighted by Crippen LogP contribution is 2.76. The molecule has 0 aromatic rings. The molecule has 7 fully saturated rings. The van der Waals surface area contributed by atoms with Crippen LogP contribution in [0.1, 0.15) is 99.3 Å². The molecule has 0 aromatic heterocycles. The first-order chi connectivity index (χ1) is 30.8. The Balaban J connectivity index is 1.04. The predicted molar refractivity (Wildman–Crippen MR) is 227 cm³/mol. The molecular formula is C47H76O19. The molecule has 66 heavy (non-hydrogen) atoms. The standard InChI is InChI=1S/C47H76O19/c1-42(2)13-14-47(41(60)66-40-37(59)34(56)32(54)25(64-40)19-62-38-36(58)33(55)31(53)24(17-48)63-38)22(15-42)21-7-8-27-43(3)11-10-29(65-39-35(57)30(52)23(50)18-61-39)44(4,20-49)26(43)9-12-45(27,5)46(21,6)16-28(47)51/h7,22-40,48-59H,8-20H2,1-6H3. The Hall–Kier alpha value is -1.47. The lowest BCUT2D eigenvalue weighted by atomic mass is 9.33. The zero-order valence-corrected chi connectivity index (χ0v) is 39.0. The molecule has 24 unspecified atom stereocenters. The van der Waals surface area contributed by atoms with Crippen LogP contribution >= 0.6 is 0 Å². The van der Waals surface area contributed by atoms with E-state index in [1.165, 1.54) is 0 Å². The van der Waals surface area contributed by atoms with Crippen molar-refractivity contribution in [2.75, 3.05) is 26.4 Å². The first-order valence-electron chi connectivity index (χ1n) is 24.0. The molecule has 8 rings (SSSR count). The van der Waals surface area contributed by atoms with E-state index in [4.69, 9.17) is 28.4 Å². The molecule has 0 spiro atoms. The molecule has 19 nitrogen and oxygen atoms in total. The highest BCUT2D eigenvalue weighted by Gasteiger charge is 2.72. The highest BCUT2D eigenvalue weighted by molar-refractivity contribution is 5.80. The van der Waals surface area contributed by atoms with Gasteiger partial charge in [0.1, 0.15) is 72.6 Å². The van der Waals surface area contributed by atoms with Crippen LogP contribution in [0.15, 0.2) is 11.6 Å². The van der Waals surface area contributed by atoms with E-state index in [9.17, 15) is 66.1 Å². The number of aliphatic hydroxyl groups excluding tert-OH is 12. The number of ether oxygens (including phenoxy) is 6. The zero-order chi connectivity index (χ0) is 48.3. The minimum absolute atomic E-state index is 0.0138. The van der Waals surface area contributed by atoms with E-state index in [1.54, 1.807) is 0 Å². The summed E-state index contributed by atoms with van der Waals surface area (Å²) in [5.74, 6) is -1.20. The predicted octanol–water partition coefficient (Wildman–Crippen LogP) is -1.28. The van der Waals surface area contributed by atoms with Gasteiger partial charge in [-0.25, -0.2) is 0 Å². The highest BCUT2D eigenvalue weighted by atomic mass is 16.7. The molecule has 0 amide bonds. The van der Waals surface area contributed by atoms with Gasteiger partial charge in [0, 0.05) is 5.41 Å². The fraction of sp³-hybridized carbons (Fsp3) is 0.936. The maximum atomic E-state index is 15.0. The summed E-state index contributed by atoms with van der Waals surface area (Å²) in [7, 11) is 0. The van der Waals surface area contributed by atoms with Crippen molar-refractivity contribution in [2.45, 2.75) is 198 Å². The van der Waals surface area contributed by atoms with Crippen LogP contribution in [0.4, 0.5) is 0 Å². The molecule has 3 aliphatic heterocycles. The fourth-order valence-electron chi connectivity index (χ4n) is 14.8. The van der Waals surface area contributed by atoms with Crippen LogP contribution < -0.4 is 0 Å². The van der Waals surface area contributed by atoms with Gasteiger partial charge in [-0.1, -0.05) is 53.2 Å². The Bertz CT molecular complexity index is 1800. The Morgan fingerprint density at radius 3 is 2.00 bits per heavy atom. The van der Waals surface area contributed by atoms with Crippen molar-refractivity contribution in [1.29, 1.82) is 0 Å². The van der Waals surface area contributed by atoms with E-state index in [0.29, 0.717) is 25.7 Å².